The third kappa shape index (κ3) is 3.33. The van der Waals surface area contributed by atoms with Gasteiger partial charge in [-0.15, -0.1) is 0 Å². The number of amides is 1. The van der Waals surface area contributed by atoms with Gasteiger partial charge in [-0.1, -0.05) is 17.2 Å². The van der Waals surface area contributed by atoms with Crippen LogP contribution in [0.25, 0.3) is 0 Å². The van der Waals surface area contributed by atoms with E-state index in [1.54, 1.807) is 6.07 Å². The van der Waals surface area contributed by atoms with Crippen molar-refractivity contribution in [3.63, 3.8) is 0 Å². The van der Waals surface area contributed by atoms with Crippen LogP contribution in [0.4, 0.5) is 0 Å². The predicted octanol–water partition coefficient (Wildman–Crippen LogP) is 1.79. The number of ether oxygens (including phenoxy) is 1. The first kappa shape index (κ1) is 14.7. The molecular formula is C14H18N4O4. The predicted molar refractivity (Wildman–Crippen MR) is 73.9 cm³/mol. The molecule has 8 nitrogen and oxygen atoms in total. The molecule has 2 aromatic heterocycles. The fraction of sp³-hybridized carbons (Fsp3) is 0.571. The van der Waals surface area contributed by atoms with E-state index in [0.717, 1.165) is 25.7 Å². The number of carbonyl (C=O) groups excluding carboxylic acids is 1. The minimum Gasteiger partial charge on any atom is -0.368 e. The summed E-state index contributed by atoms with van der Waals surface area (Å²) in [5.41, 5.74) is 0.256. The first-order valence-electron chi connectivity index (χ1n) is 7.44. The highest BCUT2D eigenvalue weighted by Gasteiger charge is 2.24. The third-order valence-electron chi connectivity index (χ3n) is 3.38. The van der Waals surface area contributed by atoms with Crippen LogP contribution in [0.2, 0.25) is 0 Å². The highest BCUT2D eigenvalue weighted by atomic mass is 16.5. The largest absolute Gasteiger partial charge is 0.368 e. The number of nitrogens with one attached hydrogen (secondary N) is 1. The first-order chi connectivity index (χ1) is 10.8. The smallest absolute Gasteiger partial charge is 0.273 e. The van der Waals surface area contributed by atoms with Gasteiger partial charge in [0.1, 0.15) is 11.9 Å². The van der Waals surface area contributed by atoms with E-state index in [-0.39, 0.29) is 24.2 Å². The van der Waals surface area contributed by atoms with E-state index >= 15 is 0 Å². The molecule has 0 aliphatic carbocycles. The van der Waals surface area contributed by atoms with Gasteiger partial charge in [-0.3, -0.25) is 4.79 Å². The number of hydrogen-bond donors (Lipinski definition) is 1. The maximum atomic E-state index is 12.0. The van der Waals surface area contributed by atoms with Gasteiger partial charge >= 0.3 is 0 Å². The Morgan fingerprint density at radius 1 is 1.41 bits per heavy atom. The molecule has 1 atom stereocenters. The van der Waals surface area contributed by atoms with Crippen LogP contribution in [0.5, 0.6) is 0 Å². The van der Waals surface area contributed by atoms with Crippen LogP contribution >= 0.6 is 0 Å². The monoisotopic (exact) mass is 306 g/mol. The van der Waals surface area contributed by atoms with Crippen molar-refractivity contribution in [1.29, 1.82) is 0 Å². The van der Waals surface area contributed by atoms with E-state index < -0.39 is 0 Å². The number of carbonyl (C=O) groups is 1. The van der Waals surface area contributed by atoms with Gasteiger partial charge in [-0.05, 0) is 19.3 Å². The Labute approximate surface area is 127 Å². The fourth-order valence-corrected chi connectivity index (χ4v) is 2.28. The molecule has 3 heterocycles. The zero-order valence-electron chi connectivity index (χ0n) is 12.4. The van der Waals surface area contributed by atoms with Gasteiger partial charge in [0.05, 0.1) is 6.54 Å². The topological polar surface area (TPSA) is 103 Å². The van der Waals surface area contributed by atoms with Crippen LogP contribution in [-0.2, 0) is 17.7 Å². The van der Waals surface area contributed by atoms with Gasteiger partial charge < -0.3 is 19.1 Å². The van der Waals surface area contributed by atoms with Gasteiger partial charge in [-0.2, -0.15) is 4.98 Å². The molecular weight excluding hydrogens is 288 g/mol. The maximum absolute atomic E-state index is 12.0. The second-order valence-corrected chi connectivity index (χ2v) is 5.16. The van der Waals surface area contributed by atoms with Crippen molar-refractivity contribution in [2.75, 3.05) is 6.61 Å². The highest BCUT2D eigenvalue weighted by Crippen LogP contribution is 2.26. The van der Waals surface area contributed by atoms with E-state index in [4.69, 9.17) is 13.8 Å². The normalized spacial score (nSPS) is 17.8. The summed E-state index contributed by atoms with van der Waals surface area (Å²) in [6.07, 6.45) is 3.45. The third-order valence-corrected chi connectivity index (χ3v) is 3.38. The summed E-state index contributed by atoms with van der Waals surface area (Å²) in [4.78, 5) is 16.2. The molecule has 8 heteroatoms. The van der Waals surface area contributed by atoms with Crippen molar-refractivity contribution in [3.05, 3.63) is 29.2 Å². The van der Waals surface area contributed by atoms with Crippen LogP contribution in [-0.4, -0.2) is 27.8 Å². The van der Waals surface area contributed by atoms with E-state index in [1.807, 2.05) is 6.92 Å². The molecule has 1 amide bonds. The molecule has 0 radical (unpaired) electrons. The number of aryl methyl sites for hydroxylation is 1. The lowest BCUT2D eigenvalue weighted by atomic mass is 10.2. The van der Waals surface area contributed by atoms with Gasteiger partial charge in [0.2, 0.25) is 0 Å². The Kier molecular flexibility index (Phi) is 4.47. The van der Waals surface area contributed by atoms with Crippen molar-refractivity contribution in [3.8, 4) is 0 Å². The summed E-state index contributed by atoms with van der Waals surface area (Å²) >= 11 is 0. The van der Waals surface area contributed by atoms with Crippen molar-refractivity contribution < 1.29 is 18.6 Å². The summed E-state index contributed by atoms with van der Waals surface area (Å²) < 4.78 is 15.7. The second kappa shape index (κ2) is 6.69. The quantitative estimate of drug-likeness (QED) is 0.867. The molecule has 1 aliphatic rings. The molecule has 0 spiro atoms. The first-order valence-corrected chi connectivity index (χ1v) is 7.44. The van der Waals surface area contributed by atoms with Crippen LogP contribution in [0.3, 0.4) is 0 Å². The minimum atomic E-state index is -0.324. The molecule has 0 saturated carbocycles. The SMILES string of the molecule is CCCc1cc(C(=O)NCc2noc([C@@H]3CCCO3)n2)no1. The standard InChI is InChI=1S/C14H18N4O4/c1-2-4-9-7-10(17-21-9)13(19)15-8-12-16-14(22-18-12)11-5-3-6-20-11/h7,11H,2-6,8H2,1H3,(H,15,19)/t11-/m0/s1. The van der Waals surface area contributed by atoms with Crippen molar-refractivity contribution >= 4 is 5.91 Å². The second-order valence-electron chi connectivity index (χ2n) is 5.16. The summed E-state index contributed by atoms with van der Waals surface area (Å²) in [7, 11) is 0. The molecule has 0 unspecified atom stereocenters. The average Bonchev–Trinajstić information content (AvgIpc) is 3.25. The highest BCUT2D eigenvalue weighted by molar-refractivity contribution is 5.92. The number of nitrogens with zero attached hydrogens (tertiary/aromatic N) is 3. The lowest BCUT2D eigenvalue weighted by Gasteiger charge is -2.00. The molecule has 0 bridgehead atoms. The Balaban J connectivity index is 1.54. The lowest BCUT2D eigenvalue weighted by Crippen LogP contribution is -2.23. The molecule has 22 heavy (non-hydrogen) atoms. The summed E-state index contributed by atoms with van der Waals surface area (Å²) in [5.74, 6) is 1.26. The van der Waals surface area contributed by atoms with Gasteiger partial charge in [0, 0.05) is 19.1 Å². The van der Waals surface area contributed by atoms with Gasteiger partial charge in [-0.25, -0.2) is 0 Å². The summed E-state index contributed by atoms with van der Waals surface area (Å²) in [5, 5.41) is 10.3. The zero-order valence-corrected chi connectivity index (χ0v) is 12.4. The molecule has 2 aromatic rings. The molecule has 118 valence electrons. The molecule has 1 saturated heterocycles. The Morgan fingerprint density at radius 3 is 3.09 bits per heavy atom. The van der Waals surface area contributed by atoms with E-state index in [0.29, 0.717) is 24.1 Å². The van der Waals surface area contributed by atoms with E-state index in [9.17, 15) is 4.79 Å². The molecule has 0 aromatic carbocycles. The van der Waals surface area contributed by atoms with Crippen LogP contribution in [0, 0.1) is 0 Å². The van der Waals surface area contributed by atoms with Gasteiger partial charge in [0.15, 0.2) is 11.5 Å². The van der Waals surface area contributed by atoms with Crippen molar-refractivity contribution in [2.45, 2.75) is 45.3 Å². The Morgan fingerprint density at radius 2 is 2.32 bits per heavy atom. The zero-order chi connectivity index (χ0) is 15.4. The van der Waals surface area contributed by atoms with Crippen LogP contribution < -0.4 is 5.32 Å². The molecule has 1 fully saturated rings. The fourth-order valence-electron chi connectivity index (χ4n) is 2.28. The van der Waals surface area contributed by atoms with Crippen molar-refractivity contribution in [1.82, 2.24) is 20.6 Å². The molecule has 1 N–H and O–H groups in total. The Hall–Kier alpha value is -2.22. The number of hydrogen-bond acceptors (Lipinski definition) is 7. The van der Waals surface area contributed by atoms with Crippen LogP contribution in [0.15, 0.2) is 15.1 Å². The number of rotatable bonds is 6. The van der Waals surface area contributed by atoms with Crippen LogP contribution in [0.1, 0.15) is 60.3 Å². The summed E-state index contributed by atoms with van der Waals surface area (Å²) in [6.45, 7) is 2.92. The minimum absolute atomic E-state index is 0.121. The van der Waals surface area contributed by atoms with E-state index in [1.165, 1.54) is 0 Å². The lowest BCUT2D eigenvalue weighted by molar-refractivity contribution is 0.0835. The molecule has 3 rings (SSSR count). The average molecular weight is 306 g/mol. The molecule has 1 aliphatic heterocycles. The maximum Gasteiger partial charge on any atom is 0.273 e. The summed E-state index contributed by atoms with van der Waals surface area (Å²) in [6, 6.07) is 1.65. The Bertz CT molecular complexity index is 630. The van der Waals surface area contributed by atoms with Crippen molar-refractivity contribution in [2.24, 2.45) is 0 Å². The van der Waals surface area contributed by atoms with Gasteiger partial charge in [0.25, 0.3) is 11.8 Å². The number of aromatic nitrogens is 3. The van der Waals surface area contributed by atoms with E-state index in [2.05, 4.69) is 20.6 Å².